The number of aromatic nitrogens is 2. The van der Waals surface area contributed by atoms with Crippen LogP contribution in [-0.4, -0.2) is 62.2 Å². The Bertz CT molecular complexity index is 1370. The van der Waals surface area contributed by atoms with E-state index in [0.29, 0.717) is 38.8 Å². The van der Waals surface area contributed by atoms with Crippen molar-refractivity contribution in [1.29, 1.82) is 0 Å². The number of likely N-dealkylation sites (N-methyl/N-ethyl adjacent to an activating group) is 1. The van der Waals surface area contributed by atoms with Crippen molar-refractivity contribution in [2.75, 3.05) is 20.1 Å². The van der Waals surface area contributed by atoms with E-state index in [2.05, 4.69) is 0 Å². The van der Waals surface area contributed by atoms with Gasteiger partial charge in [-0.1, -0.05) is 12.1 Å². The summed E-state index contributed by atoms with van der Waals surface area (Å²) in [6.07, 6.45) is -1.22. The van der Waals surface area contributed by atoms with E-state index < -0.39 is 46.6 Å². The van der Waals surface area contributed by atoms with Gasteiger partial charge in [0.05, 0.1) is 11.6 Å². The molecule has 198 valence electrons. The van der Waals surface area contributed by atoms with Crippen molar-refractivity contribution >= 4 is 12.0 Å². The molecule has 12 heteroatoms. The molecule has 0 spiro atoms. The molecule has 1 unspecified atom stereocenters. The number of benzene rings is 1. The number of rotatable bonds is 4. The third-order valence-corrected chi connectivity index (χ3v) is 7.98. The zero-order chi connectivity index (χ0) is 26.6. The van der Waals surface area contributed by atoms with Crippen molar-refractivity contribution in [3.63, 3.8) is 0 Å². The minimum atomic E-state index is -4.58. The predicted octanol–water partition coefficient (Wildman–Crippen LogP) is 3.11. The SMILES string of the molecule is CN1CCN([C@H]2CC[C@H](n3cc(C(=O)O)c(=O)n(C4CCc5c4cccc5C(F)(F)F)c3=O)CC2)C1=O. The molecule has 3 aliphatic rings. The summed E-state index contributed by atoms with van der Waals surface area (Å²) in [5.41, 5.74) is -2.92. The molecule has 1 aromatic carbocycles. The fourth-order valence-electron chi connectivity index (χ4n) is 6.10. The topological polar surface area (TPSA) is 105 Å². The van der Waals surface area contributed by atoms with Crippen LogP contribution in [-0.2, 0) is 12.6 Å². The molecule has 2 aromatic rings. The molecule has 5 rings (SSSR count). The van der Waals surface area contributed by atoms with Crippen molar-refractivity contribution in [1.82, 2.24) is 18.9 Å². The summed E-state index contributed by atoms with van der Waals surface area (Å²) in [6, 6.07) is 2.25. The van der Waals surface area contributed by atoms with Gasteiger partial charge in [-0.05, 0) is 55.7 Å². The number of carboxylic acids is 1. The Kier molecular flexibility index (Phi) is 6.15. The van der Waals surface area contributed by atoms with Crippen LogP contribution in [0.2, 0.25) is 0 Å². The van der Waals surface area contributed by atoms with Gasteiger partial charge in [0, 0.05) is 38.4 Å². The summed E-state index contributed by atoms with van der Waals surface area (Å²) in [6.45, 7) is 1.27. The highest BCUT2D eigenvalue weighted by Crippen LogP contribution is 2.41. The van der Waals surface area contributed by atoms with Crippen LogP contribution in [0.15, 0.2) is 34.0 Å². The standard InChI is InChI=1S/C25H27F3N4O5/c1-29-11-12-30(23(29)36)14-5-7-15(8-6-14)31-13-18(22(34)35)21(33)32(24(31)37)20-10-9-16-17(20)3-2-4-19(16)25(26,27)28/h2-4,13-15,20H,5-12H2,1H3,(H,34,35)/t14-,15-,20?. The maximum atomic E-state index is 13.6. The summed E-state index contributed by atoms with van der Waals surface area (Å²) in [5, 5.41) is 9.71. The molecule has 9 nitrogen and oxygen atoms in total. The Morgan fingerprint density at radius 1 is 1.00 bits per heavy atom. The van der Waals surface area contributed by atoms with Crippen molar-refractivity contribution in [2.45, 2.75) is 62.8 Å². The number of carbonyl (C=O) groups excluding carboxylic acids is 1. The van der Waals surface area contributed by atoms with E-state index in [9.17, 15) is 37.5 Å². The first-order valence-corrected chi connectivity index (χ1v) is 12.3. The van der Waals surface area contributed by atoms with Crippen LogP contribution in [0.5, 0.6) is 0 Å². The van der Waals surface area contributed by atoms with Crippen LogP contribution in [0.4, 0.5) is 18.0 Å². The van der Waals surface area contributed by atoms with Crippen LogP contribution in [0, 0.1) is 0 Å². The summed E-state index contributed by atoms with van der Waals surface area (Å²) in [5.74, 6) is -1.51. The molecule has 0 bridgehead atoms. The van der Waals surface area contributed by atoms with E-state index in [1.807, 2.05) is 4.90 Å². The van der Waals surface area contributed by atoms with Crippen LogP contribution in [0.3, 0.4) is 0 Å². The number of halogens is 3. The summed E-state index contributed by atoms with van der Waals surface area (Å²) in [7, 11) is 1.74. The summed E-state index contributed by atoms with van der Waals surface area (Å²) >= 11 is 0. The number of hydrogen-bond acceptors (Lipinski definition) is 4. The predicted molar refractivity (Wildman–Crippen MR) is 126 cm³/mol. The van der Waals surface area contributed by atoms with Gasteiger partial charge in [-0.25, -0.2) is 14.4 Å². The van der Waals surface area contributed by atoms with Crippen LogP contribution >= 0.6 is 0 Å². The quantitative estimate of drug-likeness (QED) is 0.667. The highest BCUT2D eigenvalue weighted by Gasteiger charge is 2.39. The lowest BCUT2D eigenvalue weighted by Crippen LogP contribution is -2.47. The number of carboxylic acid groups (broad SMARTS) is 1. The minimum absolute atomic E-state index is 0.0109. The van der Waals surface area contributed by atoms with E-state index in [1.54, 1.807) is 11.9 Å². The third-order valence-electron chi connectivity index (χ3n) is 7.98. The smallest absolute Gasteiger partial charge is 0.416 e. The number of carbonyl (C=O) groups is 2. The zero-order valence-electron chi connectivity index (χ0n) is 20.2. The number of hydrogen-bond donors (Lipinski definition) is 1. The molecule has 1 aliphatic heterocycles. The minimum Gasteiger partial charge on any atom is -0.477 e. The van der Waals surface area contributed by atoms with E-state index in [4.69, 9.17) is 0 Å². The molecule has 2 fully saturated rings. The Balaban J connectivity index is 1.51. The maximum absolute atomic E-state index is 13.6. The molecule has 2 amide bonds. The second-order valence-electron chi connectivity index (χ2n) is 10.00. The lowest BCUT2D eigenvalue weighted by atomic mass is 9.90. The van der Waals surface area contributed by atoms with Crippen molar-refractivity contribution < 1.29 is 27.9 Å². The number of urea groups is 1. The first-order valence-electron chi connectivity index (χ1n) is 12.3. The van der Waals surface area contributed by atoms with Gasteiger partial charge in [-0.3, -0.25) is 13.9 Å². The van der Waals surface area contributed by atoms with Crippen LogP contribution < -0.4 is 11.2 Å². The Labute approximate surface area is 209 Å². The molecular weight excluding hydrogens is 493 g/mol. The summed E-state index contributed by atoms with van der Waals surface area (Å²) < 4.78 is 42.7. The number of fused-ring (bicyclic) bond motifs is 1. The monoisotopic (exact) mass is 520 g/mol. The van der Waals surface area contributed by atoms with Gasteiger partial charge < -0.3 is 14.9 Å². The third kappa shape index (κ3) is 4.21. The number of aromatic carboxylic acids is 1. The Morgan fingerprint density at radius 3 is 2.27 bits per heavy atom. The van der Waals surface area contributed by atoms with Crippen LogP contribution in [0.25, 0.3) is 0 Å². The molecule has 2 heterocycles. The first kappa shape index (κ1) is 25.1. The summed E-state index contributed by atoms with van der Waals surface area (Å²) in [4.78, 5) is 54.5. The second-order valence-corrected chi connectivity index (χ2v) is 10.00. The van der Waals surface area contributed by atoms with E-state index in [0.717, 1.165) is 16.8 Å². The molecule has 1 N–H and O–H groups in total. The van der Waals surface area contributed by atoms with E-state index in [1.165, 1.54) is 16.7 Å². The second kappa shape index (κ2) is 9.07. The van der Waals surface area contributed by atoms with Gasteiger partial charge in [-0.2, -0.15) is 13.2 Å². The fourth-order valence-corrected chi connectivity index (χ4v) is 6.10. The van der Waals surface area contributed by atoms with Crippen LogP contribution in [0.1, 0.15) is 71.2 Å². The molecule has 2 aliphatic carbocycles. The van der Waals surface area contributed by atoms with Gasteiger partial charge >= 0.3 is 23.9 Å². The molecule has 0 radical (unpaired) electrons. The molecule has 1 saturated heterocycles. The van der Waals surface area contributed by atoms with Crippen molar-refractivity contribution in [3.8, 4) is 0 Å². The Hall–Kier alpha value is -3.57. The van der Waals surface area contributed by atoms with Crippen molar-refractivity contribution in [2.24, 2.45) is 0 Å². The van der Waals surface area contributed by atoms with Gasteiger partial charge in [-0.15, -0.1) is 0 Å². The lowest BCUT2D eigenvalue weighted by molar-refractivity contribution is -0.138. The van der Waals surface area contributed by atoms with Crippen molar-refractivity contribution in [3.05, 3.63) is 67.5 Å². The Morgan fingerprint density at radius 2 is 1.68 bits per heavy atom. The zero-order valence-corrected chi connectivity index (χ0v) is 20.2. The van der Waals surface area contributed by atoms with Gasteiger partial charge in [0.25, 0.3) is 5.56 Å². The van der Waals surface area contributed by atoms with E-state index >= 15 is 0 Å². The molecule has 1 saturated carbocycles. The molecule has 1 aromatic heterocycles. The molecular formula is C25H27F3N4O5. The highest BCUT2D eigenvalue weighted by atomic mass is 19.4. The fraction of sp³-hybridized carbons (Fsp3) is 0.520. The largest absolute Gasteiger partial charge is 0.477 e. The number of amides is 2. The lowest BCUT2D eigenvalue weighted by Gasteiger charge is -2.35. The van der Waals surface area contributed by atoms with Gasteiger partial charge in [0.1, 0.15) is 5.56 Å². The average Bonchev–Trinajstić information content (AvgIpc) is 3.42. The number of alkyl halides is 3. The normalized spacial score (nSPS) is 24.0. The highest BCUT2D eigenvalue weighted by molar-refractivity contribution is 5.86. The maximum Gasteiger partial charge on any atom is 0.416 e. The van der Waals surface area contributed by atoms with E-state index in [-0.39, 0.29) is 36.0 Å². The van der Waals surface area contributed by atoms with Gasteiger partial charge in [0.15, 0.2) is 0 Å². The molecule has 37 heavy (non-hydrogen) atoms. The first-order chi connectivity index (χ1) is 17.5. The van der Waals surface area contributed by atoms with Gasteiger partial charge in [0.2, 0.25) is 0 Å². The average molecular weight is 521 g/mol. The molecule has 1 atom stereocenters. The number of nitrogens with zero attached hydrogens (tertiary/aromatic N) is 4.